The van der Waals surface area contributed by atoms with Crippen LogP contribution in [0.15, 0.2) is 24.3 Å². The van der Waals surface area contributed by atoms with Gasteiger partial charge in [0.1, 0.15) is 11.8 Å². The molecule has 2 unspecified atom stereocenters. The molecule has 0 saturated carbocycles. The van der Waals surface area contributed by atoms with Crippen LogP contribution in [-0.4, -0.2) is 71.1 Å². The van der Waals surface area contributed by atoms with E-state index in [-0.39, 0.29) is 29.6 Å². The van der Waals surface area contributed by atoms with Crippen molar-refractivity contribution in [2.45, 2.75) is 48.1 Å². The fraction of sp³-hybridized carbons (Fsp3) is 0.609. The van der Waals surface area contributed by atoms with E-state index in [0.29, 0.717) is 30.8 Å². The van der Waals surface area contributed by atoms with E-state index in [2.05, 4.69) is 10.6 Å². The van der Waals surface area contributed by atoms with Crippen LogP contribution in [0.3, 0.4) is 0 Å². The van der Waals surface area contributed by atoms with Crippen LogP contribution in [0.25, 0.3) is 0 Å². The minimum atomic E-state index is -0.624. The summed E-state index contributed by atoms with van der Waals surface area (Å²) >= 11 is 1.66. The van der Waals surface area contributed by atoms with Crippen LogP contribution in [0.2, 0.25) is 0 Å². The molecular weight excluding hydrogens is 430 g/mol. The van der Waals surface area contributed by atoms with E-state index in [0.717, 1.165) is 19.3 Å². The van der Waals surface area contributed by atoms with Crippen LogP contribution in [0.1, 0.15) is 32.1 Å². The Morgan fingerprint density at radius 3 is 2.62 bits per heavy atom. The summed E-state index contributed by atoms with van der Waals surface area (Å²) in [6, 6.07) is 6.49. The Labute approximate surface area is 192 Å². The molecule has 0 aliphatic carbocycles. The molecule has 3 saturated heterocycles. The van der Waals surface area contributed by atoms with Gasteiger partial charge in [-0.2, -0.15) is 0 Å². The van der Waals surface area contributed by atoms with Gasteiger partial charge in [0.05, 0.1) is 23.7 Å². The van der Waals surface area contributed by atoms with Crippen LogP contribution in [-0.2, 0) is 14.4 Å². The number of aliphatic hydroxyl groups excluding tert-OH is 1. The molecule has 3 aliphatic rings. The van der Waals surface area contributed by atoms with Gasteiger partial charge in [-0.15, -0.1) is 11.8 Å². The summed E-state index contributed by atoms with van der Waals surface area (Å²) < 4.78 is 4.61. The average molecular weight is 462 g/mol. The first-order valence-electron chi connectivity index (χ1n) is 11.2. The molecule has 3 aliphatic heterocycles. The summed E-state index contributed by atoms with van der Waals surface area (Å²) in [4.78, 5) is 41.6. The number of rotatable bonds is 9. The second-order valence-electron chi connectivity index (χ2n) is 8.70. The number of amides is 3. The van der Waals surface area contributed by atoms with Crippen LogP contribution >= 0.6 is 11.8 Å². The molecule has 174 valence electrons. The fourth-order valence-corrected chi connectivity index (χ4v) is 7.84. The number of anilines is 1. The van der Waals surface area contributed by atoms with Crippen molar-refractivity contribution in [3.63, 3.8) is 0 Å². The second kappa shape index (κ2) is 9.31. The van der Waals surface area contributed by atoms with Crippen molar-refractivity contribution >= 4 is 35.2 Å². The van der Waals surface area contributed by atoms with Gasteiger partial charge < -0.3 is 25.4 Å². The first-order chi connectivity index (χ1) is 15.5. The van der Waals surface area contributed by atoms with Crippen molar-refractivity contribution < 1.29 is 24.2 Å². The molecule has 9 heteroatoms. The number of nitrogens with one attached hydrogen (secondary N) is 2. The van der Waals surface area contributed by atoms with Crippen molar-refractivity contribution in [1.82, 2.24) is 10.2 Å². The Balaban J connectivity index is 1.62. The van der Waals surface area contributed by atoms with Crippen LogP contribution in [0.5, 0.6) is 5.75 Å². The van der Waals surface area contributed by atoms with E-state index in [1.165, 1.54) is 0 Å². The van der Waals surface area contributed by atoms with E-state index in [1.54, 1.807) is 55.1 Å². The molecule has 3 fully saturated rings. The van der Waals surface area contributed by atoms with E-state index in [9.17, 15) is 14.4 Å². The highest BCUT2D eigenvalue weighted by molar-refractivity contribution is 8.02. The Hall–Kier alpha value is -2.26. The molecule has 8 nitrogen and oxygen atoms in total. The largest absolute Gasteiger partial charge is 0.497 e. The Morgan fingerprint density at radius 2 is 1.97 bits per heavy atom. The van der Waals surface area contributed by atoms with Gasteiger partial charge in [0, 0.05) is 31.1 Å². The van der Waals surface area contributed by atoms with Crippen molar-refractivity contribution in [3.8, 4) is 5.75 Å². The number of methoxy groups -OCH3 is 1. The van der Waals surface area contributed by atoms with Gasteiger partial charge in [-0.05, 0) is 56.4 Å². The summed E-state index contributed by atoms with van der Waals surface area (Å²) in [5.74, 6) is -0.591. The van der Waals surface area contributed by atoms with Crippen LogP contribution in [0.4, 0.5) is 5.69 Å². The Kier molecular flexibility index (Phi) is 6.67. The number of fused-ring (bicyclic) bond motifs is 1. The predicted molar refractivity (Wildman–Crippen MR) is 122 cm³/mol. The Morgan fingerprint density at radius 1 is 1.22 bits per heavy atom. The maximum absolute atomic E-state index is 13.6. The first kappa shape index (κ1) is 22.9. The maximum atomic E-state index is 13.6. The zero-order chi connectivity index (χ0) is 22.9. The summed E-state index contributed by atoms with van der Waals surface area (Å²) in [5.41, 5.74) is 0.642. The fourth-order valence-electron chi connectivity index (χ4n) is 5.62. The van der Waals surface area contributed by atoms with Crippen molar-refractivity contribution in [3.05, 3.63) is 24.3 Å². The molecule has 1 spiro atoms. The monoisotopic (exact) mass is 461 g/mol. The summed E-state index contributed by atoms with van der Waals surface area (Å²) in [7, 11) is 3.19. The maximum Gasteiger partial charge on any atom is 0.248 e. The molecule has 2 bridgehead atoms. The first-order valence-corrected chi connectivity index (χ1v) is 12.1. The van der Waals surface area contributed by atoms with Crippen molar-refractivity contribution in [2.24, 2.45) is 11.8 Å². The van der Waals surface area contributed by atoms with Crippen molar-refractivity contribution in [1.29, 1.82) is 0 Å². The third-order valence-electron chi connectivity index (χ3n) is 7.01. The molecule has 32 heavy (non-hydrogen) atoms. The minimum Gasteiger partial charge on any atom is -0.497 e. The number of thioether (sulfide) groups is 1. The number of nitrogens with zero attached hydrogens (tertiary/aromatic N) is 1. The number of carbonyl (C=O) groups is 3. The van der Waals surface area contributed by atoms with E-state index < -0.39 is 22.6 Å². The molecule has 0 aromatic heterocycles. The number of unbranched alkanes of at least 4 members (excludes halogenated alkanes) is 2. The Bertz CT molecular complexity index is 879. The molecule has 1 aromatic rings. The summed E-state index contributed by atoms with van der Waals surface area (Å²) in [5, 5.41) is 14.9. The lowest BCUT2D eigenvalue weighted by Crippen LogP contribution is -2.51. The standard InChI is InChI=1S/C23H31N3O5S/c1-24-20(28)17-16-10-11-23(32-16)18(17)22(30)26(12-4-3-5-13-27)19(23)21(29)25-14-6-8-15(31-2)9-7-14/h6-9,16-19,27H,3-5,10-13H2,1-2H3,(H,24,28)(H,25,29)/t16-,17+,18-,19?,23?/m0/s1. The predicted octanol–water partition coefficient (Wildman–Crippen LogP) is 1.63. The number of carbonyl (C=O) groups excluding carboxylic acids is 3. The number of hydrogen-bond acceptors (Lipinski definition) is 6. The third-order valence-corrected chi connectivity index (χ3v) is 8.96. The molecule has 1 aromatic carbocycles. The van der Waals surface area contributed by atoms with Gasteiger partial charge in [-0.1, -0.05) is 0 Å². The van der Waals surface area contributed by atoms with E-state index >= 15 is 0 Å². The molecule has 3 amide bonds. The lowest BCUT2D eigenvalue weighted by Gasteiger charge is -2.34. The lowest BCUT2D eigenvalue weighted by molar-refractivity contribution is -0.139. The molecule has 3 heterocycles. The quantitative estimate of drug-likeness (QED) is 0.483. The van der Waals surface area contributed by atoms with Gasteiger partial charge in [0.15, 0.2) is 0 Å². The second-order valence-corrected chi connectivity index (χ2v) is 10.3. The molecule has 3 N–H and O–H groups in total. The van der Waals surface area contributed by atoms with Gasteiger partial charge in [0.2, 0.25) is 17.7 Å². The van der Waals surface area contributed by atoms with Gasteiger partial charge in [-0.25, -0.2) is 0 Å². The highest BCUT2D eigenvalue weighted by Crippen LogP contribution is 2.66. The topological polar surface area (TPSA) is 108 Å². The smallest absolute Gasteiger partial charge is 0.248 e. The number of ether oxygens (including phenoxy) is 1. The van der Waals surface area contributed by atoms with Crippen molar-refractivity contribution in [2.75, 3.05) is 32.6 Å². The number of hydrogen-bond donors (Lipinski definition) is 3. The molecule has 0 radical (unpaired) electrons. The van der Waals surface area contributed by atoms with E-state index in [4.69, 9.17) is 9.84 Å². The van der Waals surface area contributed by atoms with Gasteiger partial charge in [-0.3, -0.25) is 14.4 Å². The highest BCUT2D eigenvalue weighted by Gasteiger charge is 2.73. The van der Waals surface area contributed by atoms with Gasteiger partial charge in [0.25, 0.3) is 0 Å². The minimum absolute atomic E-state index is 0.0664. The zero-order valence-corrected chi connectivity index (χ0v) is 19.3. The van der Waals surface area contributed by atoms with E-state index in [1.807, 2.05) is 0 Å². The van der Waals surface area contributed by atoms with Crippen LogP contribution < -0.4 is 15.4 Å². The molecular formula is C23H31N3O5S. The number of benzene rings is 1. The third kappa shape index (κ3) is 3.75. The summed E-state index contributed by atoms with van der Waals surface area (Å²) in [6.45, 7) is 0.557. The highest BCUT2D eigenvalue weighted by atomic mass is 32.2. The van der Waals surface area contributed by atoms with Crippen LogP contribution in [0, 0.1) is 11.8 Å². The lowest BCUT2D eigenvalue weighted by atomic mass is 9.71. The normalized spacial score (nSPS) is 30.3. The average Bonchev–Trinajstić information content (AvgIpc) is 3.44. The number of likely N-dealkylation sites (tertiary alicyclic amines) is 1. The SMILES string of the molecule is CNC(=O)[C@@H]1[C@@H]2CCC3(S2)C(C(=O)Nc2ccc(OC)cc2)N(CCCCCO)C(=O)[C@H]13. The summed E-state index contributed by atoms with van der Waals surface area (Å²) in [6.07, 6.45) is 3.73. The number of aliphatic hydroxyl groups is 1. The molecule has 4 rings (SSSR count). The molecule has 5 atom stereocenters. The van der Waals surface area contributed by atoms with Gasteiger partial charge >= 0.3 is 0 Å². The zero-order valence-electron chi connectivity index (χ0n) is 18.5.